The highest BCUT2D eigenvalue weighted by Crippen LogP contribution is 2.35. The van der Waals surface area contributed by atoms with E-state index in [9.17, 15) is 0 Å². The van der Waals surface area contributed by atoms with Gasteiger partial charge in [-0.3, -0.25) is 0 Å². The van der Waals surface area contributed by atoms with Gasteiger partial charge in [0.25, 0.3) is 0 Å². The molecule has 0 atom stereocenters. The molecule has 0 radical (unpaired) electrons. The van der Waals surface area contributed by atoms with Crippen molar-refractivity contribution in [2.24, 2.45) is 0 Å². The zero-order valence-corrected chi connectivity index (χ0v) is 19.9. The average Bonchev–Trinajstić information content (AvgIpc) is 3.25. The maximum atomic E-state index is 6.69. The van der Waals surface area contributed by atoms with Crippen LogP contribution in [0.15, 0.2) is 36.5 Å². The summed E-state index contributed by atoms with van der Waals surface area (Å²) >= 11 is 6.69. The summed E-state index contributed by atoms with van der Waals surface area (Å²) in [6, 6.07) is 9.95. The summed E-state index contributed by atoms with van der Waals surface area (Å²) in [6.45, 7) is 9.43. The highest BCUT2D eigenvalue weighted by molar-refractivity contribution is 6.33. The summed E-state index contributed by atoms with van der Waals surface area (Å²) in [6.07, 6.45) is 7.34. The van der Waals surface area contributed by atoms with E-state index in [1.54, 1.807) is 7.11 Å². The summed E-state index contributed by atoms with van der Waals surface area (Å²) < 4.78 is 7.29. The van der Waals surface area contributed by atoms with Crippen LogP contribution in [-0.2, 0) is 0 Å². The second kappa shape index (κ2) is 11.2. The van der Waals surface area contributed by atoms with Gasteiger partial charge in [0.15, 0.2) is 5.65 Å². The number of hydrogen-bond acceptors (Lipinski definition) is 5. The van der Waals surface area contributed by atoms with Crippen LogP contribution in [-0.4, -0.2) is 41.3 Å². The minimum Gasteiger partial charge on any atom is -0.497 e. The Balaban J connectivity index is 2.10. The number of halogens is 1. The standard InChI is InChI=1S/C24H34ClN5O/c1-5-8-9-16-29(21-11-10-19(31-4)17-20(21)25)23-18-24(28(14-6-2)15-7-3)30-22(27-23)12-13-26-30/h10-13,17-18H,5-9,14-16H2,1-4H3. The maximum absolute atomic E-state index is 6.69. The van der Waals surface area contributed by atoms with E-state index in [1.165, 1.54) is 0 Å². The molecule has 3 rings (SSSR count). The molecule has 0 N–H and O–H groups in total. The van der Waals surface area contributed by atoms with Crippen molar-refractivity contribution in [3.63, 3.8) is 0 Å². The number of ether oxygens (including phenoxy) is 1. The Morgan fingerprint density at radius 1 is 0.968 bits per heavy atom. The van der Waals surface area contributed by atoms with Gasteiger partial charge < -0.3 is 14.5 Å². The van der Waals surface area contributed by atoms with Crippen LogP contribution < -0.4 is 14.5 Å². The van der Waals surface area contributed by atoms with Gasteiger partial charge >= 0.3 is 0 Å². The zero-order valence-electron chi connectivity index (χ0n) is 19.1. The smallest absolute Gasteiger partial charge is 0.159 e. The maximum Gasteiger partial charge on any atom is 0.159 e. The normalized spacial score (nSPS) is 11.1. The Bertz CT molecular complexity index is 968. The lowest BCUT2D eigenvalue weighted by molar-refractivity contribution is 0.415. The first-order valence-corrected chi connectivity index (χ1v) is 11.7. The van der Waals surface area contributed by atoms with Crippen molar-refractivity contribution in [3.05, 3.63) is 41.6 Å². The van der Waals surface area contributed by atoms with E-state index in [0.29, 0.717) is 5.02 Å². The Labute approximate surface area is 190 Å². The number of fused-ring (bicyclic) bond motifs is 1. The van der Waals surface area contributed by atoms with E-state index in [0.717, 1.165) is 80.5 Å². The Hall–Kier alpha value is -2.47. The van der Waals surface area contributed by atoms with Crippen molar-refractivity contribution in [3.8, 4) is 5.75 Å². The highest BCUT2D eigenvalue weighted by Gasteiger charge is 2.19. The van der Waals surface area contributed by atoms with Crippen molar-refractivity contribution in [2.45, 2.75) is 52.9 Å². The Morgan fingerprint density at radius 2 is 1.74 bits per heavy atom. The van der Waals surface area contributed by atoms with Crippen molar-refractivity contribution >= 4 is 34.6 Å². The number of anilines is 3. The number of hydrogen-bond donors (Lipinski definition) is 0. The molecule has 0 aliphatic carbocycles. The van der Waals surface area contributed by atoms with Crippen LogP contribution in [0.3, 0.4) is 0 Å². The molecule has 0 aliphatic rings. The molecule has 0 spiro atoms. The quantitative estimate of drug-likeness (QED) is 0.305. The third kappa shape index (κ3) is 5.42. The van der Waals surface area contributed by atoms with Crippen LogP contribution in [0.2, 0.25) is 5.02 Å². The Morgan fingerprint density at radius 3 is 2.39 bits per heavy atom. The van der Waals surface area contributed by atoms with Crippen molar-refractivity contribution in [2.75, 3.05) is 36.5 Å². The first kappa shape index (κ1) is 23.2. The number of benzene rings is 1. The Kier molecular flexibility index (Phi) is 8.41. The molecule has 0 saturated carbocycles. The number of aromatic nitrogens is 3. The predicted octanol–water partition coefficient (Wildman–Crippen LogP) is 6.35. The number of unbranched alkanes of at least 4 members (excludes halogenated alkanes) is 2. The molecule has 6 nitrogen and oxygen atoms in total. The summed E-state index contributed by atoms with van der Waals surface area (Å²) in [7, 11) is 1.65. The fraction of sp³-hybridized carbons (Fsp3) is 0.500. The first-order chi connectivity index (χ1) is 15.1. The molecule has 0 bridgehead atoms. The molecule has 0 unspecified atom stereocenters. The number of nitrogens with zero attached hydrogens (tertiary/aromatic N) is 5. The van der Waals surface area contributed by atoms with Crippen LogP contribution in [0.4, 0.5) is 17.3 Å². The molecule has 3 aromatic rings. The van der Waals surface area contributed by atoms with Crippen molar-refractivity contribution in [1.29, 1.82) is 0 Å². The fourth-order valence-corrected chi connectivity index (χ4v) is 4.11. The third-order valence-electron chi connectivity index (χ3n) is 5.35. The molecule has 168 valence electrons. The minimum atomic E-state index is 0.659. The molecule has 0 fully saturated rings. The lowest BCUT2D eigenvalue weighted by atomic mass is 10.2. The SMILES string of the molecule is CCCCCN(c1cc(N(CCC)CCC)n2nccc2n1)c1ccc(OC)cc1Cl. The van der Waals surface area contributed by atoms with Crippen molar-refractivity contribution < 1.29 is 4.74 Å². The lowest BCUT2D eigenvalue weighted by Gasteiger charge is -2.29. The fourth-order valence-electron chi connectivity index (χ4n) is 3.84. The van der Waals surface area contributed by atoms with Crippen LogP contribution in [0.25, 0.3) is 5.65 Å². The van der Waals surface area contributed by atoms with Gasteiger partial charge in [-0.1, -0.05) is 45.2 Å². The van der Waals surface area contributed by atoms with Gasteiger partial charge in [-0.2, -0.15) is 9.61 Å². The first-order valence-electron chi connectivity index (χ1n) is 11.3. The van der Waals surface area contributed by atoms with Gasteiger partial charge in [-0.25, -0.2) is 4.98 Å². The molecule has 0 saturated heterocycles. The second-order valence-corrected chi connectivity index (χ2v) is 8.14. The molecule has 0 aliphatic heterocycles. The van der Waals surface area contributed by atoms with E-state index in [-0.39, 0.29) is 0 Å². The highest BCUT2D eigenvalue weighted by atomic mass is 35.5. The van der Waals surface area contributed by atoms with E-state index in [4.69, 9.17) is 21.3 Å². The number of methoxy groups -OCH3 is 1. The molecule has 2 heterocycles. The average molecular weight is 444 g/mol. The zero-order chi connectivity index (χ0) is 22.2. The molecule has 0 amide bonds. The summed E-state index contributed by atoms with van der Waals surface area (Å²) in [5, 5.41) is 5.20. The van der Waals surface area contributed by atoms with Gasteiger partial charge in [0.2, 0.25) is 0 Å². The summed E-state index contributed by atoms with van der Waals surface area (Å²) in [5.41, 5.74) is 1.79. The van der Waals surface area contributed by atoms with Gasteiger partial charge in [0.1, 0.15) is 17.4 Å². The van der Waals surface area contributed by atoms with Gasteiger partial charge in [0.05, 0.1) is 24.0 Å². The largest absolute Gasteiger partial charge is 0.497 e. The van der Waals surface area contributed by atoms with Gasteiger partial charge in [-0.15, -0.1) is 0 Å². The van der Waals surface area contributed by atoms with Crippen LogP contribution in [0.5, 0.6) is 5.75 Å². The summed E-state index contributed by atoms with van der Waals surface area (Å²) in [5.74, 6) is 2.71. The predicted molar refractivity (Wildman–Crippen MR) is 130 cm³/mol. The third-order valence-corrected chi connectivity index (χ3v) is 5.65. The van der Waals surface area contributed by atoms with Gasteiger partial charge in [-0.05, 0) is 31.4 Å². The van der Waals surface area contributed by atoms with E-state index < -0.39 is 0 Å². The van der Waals surface area contributed by atoms with E-state index in [1.807, 2.05) is 35.0 Å². The molecule has 1 aromatic carbocycles. The molecule has 7 heteroatoms. The second-order valence-electron chi connectivity index (χ2n) is 7.74. The van der Waals surface area contributed by atoms with E-state index in [2.05, 4.69) is 41.7 Å². The van der Waals surface area contributed by atoms with Crippen LogP contribution >= 0.6 is 11.6 Å². The monoisotopic (exact) mass is 443 g/mol. The van der Waals surface area contributed by atoms with Gasteiger partial charge in [0, 0.05) is 37.8 Å². The summed E-state index contributed by atoms with van der Waals surface area (Å²) in [4.78, 5) is 9.57. The van der Waals surface area contributed by atoms with Crippen LogP contribution in [0, 0.1) is 0 Å². The van der Waals surface area contributed by atoms with Crippen molar-refractivity contribution in [1.82, 2.24) is 14.6 Å². The molecule has 31 heavy (non-hydrogen) atoms. The molecular formula is C24H34ClN5O. The number of rotatable bonds is 12. The van der Waals surface area contributed by atoms with Crippen LogP contribution in [0.1, 0.15) is 52.9 Å². The lowest BCUT2D eigenvalue weighted by Crippen LogP contribution is -2.28. The topological polar surface area (TPSA) is 45.9 Å². The molecular weight excluding hydrogens is 410 g/mol. The van der Waals surface area contributed by atoms with E-state index >= 15 is 0 Å². The molecule has 2 aromatic heterocycles. The minimum absolute atomic E-state index is 0.659.